The average Bonchev–Trinajstić information content (AvgIpc) is 1.99. The molecule has 0 N–H and O–H groups in total. The van der Waals surface area contributed by atoms with Crippen LogP contribution < -0.4 is 4.74 Å². The summed E-state index contributed by atoms with van der Waals surface area (Å²) in [4.78, 5) is 0. The van der Waals surface area contributed by atoms with Crippen LogP contribution in [-0.4, -0.2) is 7.11 Å². The van der Waals surface area contributed by atoms with Crippen LogP contribution in [0, 0.1) is 11.6 Å². The Bertz CT molecular complexity index is 275. The summed E-state index contributed by atoms with van der Waals surface area (Å²) >= 11 is 3.01. The van der Waals surface area contributed by atoms with Crippen molar-refractivity contribution in [3.05, 3.63) is 28.2 Å². The molecule has 0 aliphatic heterocycles. The van der Waals surface area contributed by atoms with Crippen LogP contribution in [0.25, 0.3) is 0 Å². The van der Waals surface area contributed by atoms with Gasteiger partial charge in [0, 0.05) is 0 Å². The highest BCUT2D eigenvalue weighted by Crippen LogP contribution is 2.28. The molecule has 0 fully saturated rings. The number of rotatable bonds is 1. The molecule has 0 spiro atoms. The molecule has 0 saturated carbocycles. The summed E-state index contributed by atoms with van der Waals surface area (Å²) in [6.07, 6.45) is 0. The van der Waals surface area contributed by atoms with Crippen LogP contribution in [0.4, 0.5) is 8.78 Å². The van der Waals surface area contributed by atoms with Gasteiger partial charge in [-0.1, -0.05) is 0 Å². The molecule has 1 nitrogen and oxygen atoms in total. The number of benzene rings is 1. The third kappa shape index (κ3) is 1.50. The van der Waals surface area contributed by atoms with Gasteiger partial charge in [-0.25, -0.2) is 4.39 Å². The predicted octanol–water partition coefficient (Wildman–Crippen LogP) is 2.74. The average molecular weight is 223 g/mol. The van der Waals surface area contributed by atoms with Crippen molar-refractivity contribution in [2.75, 3.05) is 7.11 Å². The molecule has 0 aliphatic rings. The van der Waals surface area contributed by atoms with E-state index < -0.39 is 11.6 Å². The van der Waals surface area contributed by atoms with Crippen LogP contribution in [0.2, 0.25) is 0 Å². The van der Waals surface area contributed by atoms with Gasteiger partial charge in [-0.05, 0) is 28.1 Å². The lowest BCUT2D eigenvalue weighted by Gasteiger charge is -2.03. The SMILES string of the molecule is COc1c(Br)ccc(F)c1F. The Labute approximate surface area is 71.1 Å². The maximum atomic E-state index is 12.7. The molecule has 0 aromatic heterocycles. The van der Waals surface area contributed by atoms with Gasteiger partial charge in [0.15, 0.2) is 11.6 Å². The number of hydrogen-bond donors (Lipinski definition) is 0. The summed E-state index contributed by atoms with van der Waals surface area (Å²) in [7, 11) is 1.28. The third-order valence-corrected chi connectivity index (χ3v) is 1.83. The minimum Gasteiger partial charge on any atom is -0.492 e. The second kappa shape index (κ2) is 3.17. The highest BCUT2D eigenvalue weighted by molar-refractivity contribution is 9.10. The highest BCUT2D eigenvalue weighted by Gasteiger charge is 2.11. The molecule has 11 heavy (non-hydrogen) atoms. The lowest BCUT2D eigenvalue weighted by Crippen LogP contribution is -1.92. The minimum atomic E-state index is -0.970. The van der Waals surface area contributed by atoms with Crippen molar-refractivity contribution in [2.24, 2.45) is 0 Å². The highest BCUT2D eigenvalue weighted by atomic mass is 79.9. The maximum Gasteiger partial charge on any atom is 0.201 e. The smallest absolute Gasteiger partial charge is 0.201 e. The fourth-order valence-corrected chi connectivity index (χ4v) is 1.16. The molecule has 0 amide bonds. The summed E-state index contributed by atoms with van der Waals surface area (Å²) < 4.78 is 30.2. The fraction of sp³-hybridized carbons (Fsp3) is 0.143. The monoisotopic (exact) mass is 222 g/mol. The Balaban J connectivity index is 3.29. The van der Waals surface area contributed by atoms with E-state index in [1.807, 2.05) is 0 Å². The first-order valence-electron chi connectivity index (χ1n) is 2.84. The first-order valence-corrected chi connectivity index (χ1v) is 3.63. The molecular formula is C7H5BrF2O. The second-order valence-corrected chi connectivity index (χ2v) is 2.73. The first-order chi connectivity index (χ1) is 5.16. The molecule has 0 aliphatic carbocycles. The van der Waals surface area contributed by atoms with Gasteiger partial charge in [0.05, 0.1) is 11.6 Å². The van der Waals surface area contributed by atoms with Gasteiger partial charge < -0.3 is 4.74 Å². The van der Waals surface area contributed by atoms with Crippen molar-refractivity contribution in [1.29, 1.82) is 0 Å². The first kappa shape index (κ1) is 8.46. The Morgan fingerprint density at radius 2 is 2.00 bits per heavy atom. The zero-order chi connectivity index (χ0) is 8.43. The molecule has 0 unspecified atom stereocenters. The van der Waals surface area contributed by atoms with E-state index in [0.29, 0.717) is 4.47 Å². The lowest BCUT2D eigenvalue weighted by atomic mass is 10.3. The van der Waals surface area contributed by atoms with Gasteiger partial charge in [0.2, 0.25) is 5.82 Å². The van der Waals surface area contributed by atoms with E-state index in [1.165, 1.54) is 13.2 Å². The summed E-state index contributed by atoms with van der Waals surface area (Å²) in [5.41, 5.74) is 0. The number of methoxy groups -OCH3 is 1. The van der Waals surface area contributed by atoms with E-state index in [-0.39, 0.29) is 5.75 Å². The van der Waals surface area contributed by atoms with Crippen molar-refractivity contribution in [3.63, 3.8) is 0 Å². The van der Waals surface area contributed by atoms with E-state index >= 15 is 0 Å². The second-order valence-electron chi connectivity index (χ2n) is 1.88. The molecule has 1 aromatic rings. The molecule has 1 aromatic carbocycles. The van der Waals surface area contributed by atoms with Crippen LogP contribution in [0.1, 0.15) is 0 Å². The molecule has 60 valence electrons. The Morgan fingerprint density at radius 3 is 2.45 bits per heavy atom. The molecule has 0 radical (unpaired) electrons. The fourth-order valence-electron chi connectivity index (χ4n) is 0.696. The third-order valence-electron chi connectivity index (χ3n) is 1.21. The number of halogens is 3. The van der Waals surface area contributed by atoms with Crippen molar-refractivity contribution < 1.29 is 13.5 Å². The van der Waals surface area contributed by atoms with Crippen molar-refractivity contribution in [3.8, 4) is 5.75 Å². The van der Waals surface area contributed by atoms with Gasteiger partial charge >= 0.3 is 0 Å². The van der Waals surface area contributed by atoms with Gasteiger partial charge in [-0.15, -0.1) is 0 Å². The van der Waals surface area contributed by atoms with Gasteiger partial charge in [-0.3, -0.25) is 0 Å². The van der Waals surface area contributed by atoms with E-state index in [9.17, 15) is 8.78 Å². The van der Waals surface area contributed by atoms with E-state index in [0.717, 1.165) is 6.07 Å². The number of ether oxygens (including phenoxy) is 1. The van der Waals surface area contributed by atoms with Crippen LogP contribution in [-0.2, 0) is 0 Å². The summed E-state index contributed by atoms with van der Waals surface area (Å²) in [6.45, 7) is 0. The number of hydrogen-bond acceptors (Lipinski definition) is 1. The topological polar surface area (TPSA) is 9.23 Å². The predicted molar refractivity (Wildman–Crippen MR) is 40.6 cm³/mol. The standard InChI is InChI=1S/C7H5BrF2O/c1-11-7-4(8)2-3-5(9)6(7)10/h2-3H,1H3. The van der Waals surface area contributed by atoms with Crippen LogP contribution in [0.15, 0.2) is 16.6 Å². The zero-order valence-corrected chi connectivity index (χ0v) is 7.28. The Kier molecular flexibility index (Phi) is 2.44. The molecule has 0 heterocycles. The molecule has 0 saturated heterocycles. The van der Waals surface area contributed by atoms with Crippen LogP contribution in [0.5, 0.6) is 5.75 Å². The molecule has 4 heteroatoms. The van der Waals surface area contributed by atoms with Crippen molar-refractivity contribution >= 4 is 15.9 Å². The van der Waals surface area contributed by atoms with E-state index in [1.54, 1.807) is 0 Å². The largest absolute Gasteiger partial charge is 0.492 e. The Hall–Kier alpha value is -0.640. The van der Waals surface area contributed by atoms with Gasteiger partial charge in [0.25, 0.3) is 0 Å². The summed E-state index contributed by atoms with van der Waals surface area (Å²) in [6, 6.07) is 2.42. The van der Waals surface area contributed by atoms with Crippen molar-refractivity contribution in [1.82, 2.24) is 0 Å². The Morgan fingerprint density at radius 1 is 1.36 bits per heavy atom. The lowest BCUT2D eigenvalue weighted by molar-refractivity contribution is 0.369. The maximum absolute atomic E-state index is 12.7. The van der Waals surface area contributed by atoms with E-state index in [4.69, 9.17) is 0 Å². The molecule has 0 bridgehead atoms. The zero-order valence-electron chi connectivity index (χ0n) is 5.70. The van der Waals surface area contributed by atoms with Crippen molar-refractivity contribution in [2.45, 2.75) is 0 Å². The van der Waals surface area contributed by atoms with Gasteiger partial charge in [-0.2, -0.15) is 4.39 Å². The normalized spacial score (nSPS) is 9.82. The van der Waals surface area contributed by atoms with Gasteiger partial charge in [0.1, 0.15) is 0 Å². The van der Waals surface area contributed by atoms with E-state index in [2.05, 4.69) is 20.7 Å². The summed E-state index contributed by atoms with van der Waals surface area (Å²) in [5.74, 6) is -1.99. The molecule has 0 atom stereocenters. The van der Waals surface area contributed by atoms with Crippen LogP contribution >= 0.6 is 15.9 Å². The molecule has 1 rings (SSSR count). The minimum absolute atomic E-state index is 0.106. The quantitative estimate of drug-likeness (QED) is 0.665. The van der Waals surface area contributed by atoms with Crippen LogP contribution in [0.3, 0.4) is 0 Å². The molecular weight excluding hydrogens is 218 g/mol. The summed E-state index contributed by atoms with van der Waals surface area (Å²) in [5, 5.41) is 0.